The van der Waals surface area contributed by atoms with Crippen LogP contribution in [-0.2, 0) is 6.54 Å². The summed E-state index contributed by atoms with van der Waals surface area (Å²) in [5, 5.41) is 11.8. The van der Waals surface area contributed by atoms with Gasteiger partial charge in [0, 0.05) is 0 Å². The highest BCUT2D eigenvalue weighted by Crippen LogP contribution is 2.33. The number of para-hydroxylation sites is 1. The summed E-state index contributed by atoms with van der Waals surface area (Å²) in [6, 6.07) is 11.7. The Bertz CT molecular complexity index is 1270. The fraction of sp³-hybridized carbons (Fsp3) is 0.333. The van der Waals surface area contributed by atoms with Crippen LogP contribution in [0.15, 0.2) is 45.6 Å². The number of thiazole rings is 1. The summed E-state index contributed by atoms with van der Waals surface area (Å²) in [6.07, 6.45) is 3.63. The van der Waals surface area contributed by atoms with Crippen LogP contribution in [0.25, 0.3) is 31.8 Å². The molecular weight excluding hydrogens is 396 g/mol. The highest BCUT2D eigenvalue weighted by molar-refractivity contribution is 7.21. The molecule has 0 aliphatic carbocycles. The molecule has 4 aromatic rings. The fourth-order valence-corrected chi connectivity index (χ4v) is 5.61. The number of piperidine rings is 1. The second kappa shape index (κ2) is 7.52. The van der Waals surface area contributed by atoms with E-state index in [4.69, 9.17) is 4.42 Å². The second-order valence-corrected chi connectivity index (χ2v) is 9.30. The number of phenols is 1. The third-order valence-electron chi connectivity index (χ3n) is 6.31. The summed E-state index contributed by atoms with van der Waals surface area (Å²) in [6.45, 7) is 5.80. The predicted octanol–water partition coefficient (Wildman–Crippen LogP) is 4.04. The van der Waals surface area contributed by atoms with Gasteiger partial charge >= 0.3 is 0 Å². The van der Waals surface area contributed by atoms with E-state index in [9.17, 15) is 9.90 Å². The molecule has 0 spiro atoms. The zero-order chi connectivity index (χ0) is 20.8. The molecule has 2 atom stereocenters. The third kappa shape index (κ3) is 3.20. The van der Waals surface area contributed by atoms with E-state index in [2.05, 4.69) is 11.9 Å². The van der Waals surface area contributed by atoms with Crippen LogP contribution in [-0.4, -0.2) is 22.7 Å². The van der Waals surface area contributed by atoms with Gasteiger partial charge in [-0.3, -0.25) is 4.79 Å². The van der Waals surface area contributed by atoms with Crippen LogP contribution in [0.4, 0.5) is 0 Å². The quantitative estimate of drug-likeness (QED) is 0.524. The number of quaternary nitrogens is 1. The van der Waals surface area contributed by atoms with E-state index in [0.29, 0.717) is 39.9 Å². The third-order valence-corrected chi connectivity index (χ3v) is 7.36. The molecule has 3 heterocycles. The van der Waals surface area contributed by atoms with Crippen LogP contribution in [0, 0.1) is 6.92 Å². The number of aromatic nitrogens is 1. The SMILES string of the molecule is Cc1oc2c(C[NH+]3CCCC[C@@H]3C)c(O)ccc2c(=O)c1-c1nc2ccccc2s1. The van der Waals surface area contributed by atoms with Crippen LogP contribution < -0.4 is 10.3 Å². The van der Waals surface area contributed by atoms with Crippen LogP contribution >= 0.6 is 11.3 Å². The van der Waals surface area contributed by atoms with Gasteiger partial charge in [-0.15, -0.1) is 11.3 Å². The van der Waals surface area contributed by atoms with E-state index >= 15 is 0 Å². The van der Waals surface area contributed by atoms with Crippen LogP contribution in [0.5, 0.6) is 5.75 Å². The minimum absolute atomic E-state index is 0.0873. The topological polar surface area (TPSA) is 67.8 Å². The monoisotopic (exact) mass is 421 g/mol. The molecule has 2 aromatic heterocycles. The number of aryl methyl sites for hydroxylation is 1. The lowest BCUT2D eigenvalue weighted by Gasteiger charge is -2.30. The molecule has 1 aliphatic rings. The molecule has 0 saturated carbocycles. The van der Waals surface area contributed by atoms with Gasteiger partial charge in [0.05, 0.1) is 39.3 Å². The van der Waals surface area contributed by atoms with E-state index in [1.54, 1.807) is 12.1 Å². The molecule has 1 aliphatic heterocycles. The summed E-state index contributed by atoms with van der Waals surface area (Å²) in [4.78, 5) is 19.6. The number of aromatic hydroxyl groups is 1. The van der Waals surface area contributed by atoms with Crippen molar-refractivity contribution in [2.75, 3.05) is 6.54 Å². The smallest absolute Gasteiger partial charge is 0.203 e. The normalized spacial score (nSPS) is 19.5. The molecule has 1 unspecified atom stereocenters. The maximum Gasteiger partial charge on any atom is 0.203 e. The van der Waals surface area contributed by atoms with E-state index in [1.807, 2.05) is 31.2 Å². The van der Waals surface area contributed by atoms with Gasteiger partial charge in [-0.1, -0.05) is 12.1 Å². The van der Waals surface area contributed by atoms with Crippen molar-refractivity contribution in [1.29, 1.82) is 0 Å². The van der Waals surface area contributed by atoms with Crippen molar-refractivity contribution in [2.24, 2.45) is 0 Å². The zero-order valence-corrected chi connectivity index (χ0v) is 18.0. The standard InChI is InChI=1S/C24H24N2O3S/c1-14-7-5-6-12-26(14)13-17-19(27)11-10-16-22(28)21(15(2)29-23(16)17)24-25-18-8-3-4-9-20(18)30-24/h3-4,8-11,14,27H,5-7,12-13H2,1-2H3/p+1/t14-/m0/s1. The summed E-state index contributed by atoms with van der Waals surface area (Å²) in [5.74, 6) is 0.739. The molecular formula is C24H25N2O3S+. The van der Waals surface area contributed by atoms with Crippen molar-refractivity contribution in [3.05, 3.63) is 57.9 Å². The summed E-state index contributed by atoms with van der Waals surface area (Å²) in [7, 11) is 0. The number of nitrogens with one attached hydrogen (secondary N) is 1. The van der Waals surface area contributed by atoms with Crippen molar-refractivity contribution in [3.63, 3.8) is 0 Å². The minimum atomic E-state index is -0.0873. The average Bonchev–Trinajstić information content (AvgIpc) is 3.15. The van der Waals surface area contributed by atoms with Crippen molar-refractivity contribution in [2.45, 2.75) is 45.7 Å². The molecule has 5 nitrogen and oxygen atoms in total. The molecule has 1 saturated heterocycles. The van der Waals surface area contributed by atoms with E-state index in [0.717, 1.165) is 22.3 Å². The largest absolute Gasteiger partial charge is 0.507 e. The van der Waals surface area contributed by atoms with E-state index in [-0.39, 0.29) is 11.2 Å². The Labute approximate surface area is 178 Å². The van der Waals surface area contributed by atoms with Gasteiger partial charge in [-0.05, 0) is 57.4 Å². The summed E-state index contributed by atoms with van der Waals surface area (Å²) >= 11 is 1.50. The number of hydrogen-bond donors (Lipinski definition) is 2. The summed E-state index contributed by atoms with van der Waals surface area (Å²) in [5.41, 5.74) is 2.54. The van der Waals surface area contributed by atoms with Gasteiger partial charge in [0.25, 0.3) is 0 Å². The second-order valence-electron chi connectivity index (χ2n) is 8.27. The maximum atomic E-state index is 13.5. The first-order valence-corrected chi connectivity index (χ1v) is 11.3. The van der Waals surface area contributed by atoms with E-state index in [1.165, 1.54) is 35.5 Å². The van der Waals surface area contributed by atoms with Crippen LogP contribution in [0.2, 0.25) is 0 Å². The lowest BCUT2D eigenvalue weighted by atomic mass is 10.0. The first-order valence-electron chi connectivity index (χ1n) is 10.5. The number of nitrogens with zero attached hydrogens (tertiary/aromatic N) is 1. The molecule has 1 fully saturated rings. The van der Waals surface area contributed by atoms with Gasteiger partial charge in [0.15, 0.2) is 5.58 Å². The number of rotatable bonds is 3. The lowest BCUT2D eigenvalue weighted by molar-refractivity contribution is -0.941. The van der Waals surface area contributed by atoms with Crippen molar-refractivity contribution >= 4 is 32.5 Å². The number of fused-ring (bicyclic) bond motifs is 2. The van der Waals surface area contributed by atoms with Gasteiger partial charge in [-0.25, -0.2) is 4.98 Å². The molecule has 0 amide bonds. The van der Waals surface area contributed by atoms with Crippen LogP contribution in [0.3, 0.4) is 0 Å². The predicted molar refractivity (Wildman–Crippen MR) is 120 cm³/mol. The molecule has 0 bridgehead atoms. The number of likely N-dealkylation sites (tertiary alicyclic amines) is 1. The van der Waals surface area contributed by atoms with E-state index < -0.39 is 0 Å². The summed E-state index contributed by atoms with van der Waals surface area (Å²) < 4.78 is 7.25. The van der Waals surface area contributed by atoms with Gasteiger partial charge < -0.3 is 14.4 Å². The van der Waals surface area contributed by atoms with Crippen molar-refractivity contribution in [1.82, 2.24) is 4.98 Å². The Morgan fingerprint density at radius 2 is 2.07 bits per heavy atom. The molecule has 2 N–H and O–H groups in total. The molecule has 2 aromatic carbocycles. The molecule has 0 radical (unpaired) electrons. The van der Waals surface area contributed by atoms with Gasteiger partial charge in [0.2, 0.25) is 5.43 Å². The number of phenolic OH excluding ortho intramolecular Hbond substituents is 1. The lowest BCUT2D eigenvalue weighted by Crippen LogP contribution is -3.14. The number of benzene rings is 2. The molecule has 5 rings (SSSR count). The number of hydrogen-bond acceptors (Lipinski definition) is 5. The van der Waals surface area contributed by atoms with Crippen LogP contribution in [0.1, 0.15) is 37.5 Å². The van der Waals surface area contributed by atoms with Gasteiger partial charge in [0.1, 0.15) is 23.1 Å². The molecule has 154 valence electrons. The Morgan fingerprint density at radius 3 is 2.87 bits per heavy atom. The van der Waals surface area contributed by atoms with Crippen molar-refractivity contribution < 1.29 is 14.4 Å². The molecule has 30 heavy (non-hydrogen) atoms. The Kier molecular flexibility index (Phi) is 4.83. The Hall–Kier alpha value is -2.70. The van der Waals surface area contributed by atoms with Gasteiger partial charge in [-0.2, -0.15) is 0 Å². The van der Waals surface area contributed by atoms with Crippen molar-refractivity contribution in [3.8, 4) is 16.3 Å². The average molecular weight is 422 g/mol. The first kappa shape index (κ1) is 19.3. The Morgan fingerprint density at radius 1 is 1.23 bits per heavy atom. The first-order chi connectivity index (χ1) is 14.5. The molecule has 6 heteroatoms. The fourth-order valence-electron chi connectivity index (χ4n) is 4.55. The minimum Gasteiger partial charge on any atom is -0.507 e. The Balaban J connectivity index is 1.66. The highest BCUT2D eigenvalue weighted by Gasteiger charge is 2.26. The zero-order valence-electron chi connectivity index (χ0n) is 17.2. The maximum absolute atomic E-state index is 13.5. The highest BCUT2D eigenvalue weighted by atomic mass is 32.1.